The standard InChI is InChI=1S/C12H20O3/c1-5-6-7-8-10(13)9-11(14)15-12(2,3)4/h6,10,13H,1,7-9H2,2-4H3. The van der Waals surface area contributed by atoms with Crippen molar-refractivity contribution in [2.75, 3.05) is 0 Å². The lowest BCUT2D eigenvalue weighted by atomic mass is 10.1. The lowest BCUT2D eigenvalue weighted by Gasteiger charge is -2.20. The Hall–Kier alpha value is -1.05. The van der Waals surface area contributed by atoms with E-state index in [2.05, 4.69) is 12.3 Å². The molecule has 0 aliphatic carbocycles. The molecule has 0 saturated heterocycles. The maximum absolute atomic E-state index is 11.3. The van der Waals surface area contributed by atoms with Crippen LogP contribution in [0.5, 0.6) is 0 Å². The molecule has 0 aromatic heterocycles. The van der Waals surface area contributed by atoms with Crippen molar-refractivity contribution >= 4 is 5.97 Å². The Morgan fingerprint density at radius 3 is 2.67 bits per heavy atom. The second-order valence-corrected chi connectivity index (χ2v) is 4.43. The van der Waals surface area contributed by atoms with E-state index in [-0.39, 0.29) is 12.4 Å². The number of hydrogen-bond donors (Lipinski definition) is 1. The van der Waals surface area contributed by atoms with Crippen LogP contribution >= 0.6 is 0 Å². The molecule has 0 aliphatic heterocycles. The van der Waals surface area contributed by atoms with Crippen LogP contribution in [0.15, 0.2) is 18.4 Å². The van der Waals surface area contributed by atoms with Gasteiger partial charge in [-0.15, -0.1) is 5.73 Å². The first-order chi connectivity index (χ1) is 6.85. The minimum Gasteiger partial charge on any atom is -0.460 e. The molecule has 0 amide bonds. The maximum Gasteiger partial charge on any atom is 0.308 e. The van der Waals surface area contributed by atoms with Crippen LogP contribution in [0, 0.1) is 0 Å². The summed E-state index contributed by atoms with van der Waals surface area (Å²) in [5.74, 6) is -0.363. The molecule has 0 rings (SSSR count). The summed E-state index contributed by atoms with van der Waals surface area (Å²) >= 11 is 0. The predicted octanol–water partition coefficient (Wildman–Crippen LogP) is 2.20. The monoisotopic (exact) mass is 212 g/mol. The number of carbonyl (C=O) groups is 1. The topological polar surface area (TPSA) is 46.5 Å². The van der Waals surface area contributed by atoms with Gasteiger partial charge in [-0.25, -0.2) is 0 Å². The van der Waals surface area contributed by atoms with Crippen molar-refractivity contribution in [2.24, 2.45) is 0 Å². The Labute approximate surface area is 91.4 Å². The molecule has 0 saturated carbocycles. The van der Waals surface area contributed by atoms with Crippen LogP contribution in [0.3, 0.4) is 0 Å². The number of esters is 1. The molecule has 86 valence electrons. The third-order valence-electron chi connectivity index (χ3n) is 1.61. The summed E-state index contributed by atoms with van der Waals surface area (Å²) in [5.41, 5.74) is 2.12. The SMILES string of the molecule is C=C=CCCC(O)CC(=O)OC(C)(C)C. The molecule has 15 heavy (non-hydrogen) atoms. The quantitative estimate of drug-likeness (QED) is 0.561. The summed E-state index contributed by atoms with van der Waals surface area (Å²) in [4.78, 5) is 11.3. The van der Waals surface area contributed by atoms with Crippen LogP contribution in [0.4, 0.5) is 0 Å². The maximum atomic E-state index is 11.3. The van der Waals surface area contributed by atoms with Crippen LogP contribution in [0.2, 0.25) is 0 Å². The number of carbonyl (C=O) groups excluding carboxylic acids is 1. The summed E-state index contributed by atoms with van der Waals surface area (Å²) in [7, 11) is 0. The third-order valence-corrected chi connectivity index (χ3v) is 1.61. The first-order valence-electron chi connectivity index (χ1n) is 5.09. The van der Waals surface area contributed by atoms with Crippen molar-refractivity contribution in [3.63, 3.8) is 0 Å². The van der Waals surface area contributed by atoms with Gasteiger partial charge in [-0.3, -0.25) is 4.79 Å². The van der Waals surface area contributed by atoms with E-state index in [9.17, 15) is 9.90 Å². The molecule has 3 heteroatoms. The van der Waals surface area contributed by atoms with Crippen LogP contribution in [0.1, 0.15) is 40.0 Å². The molecular weight excluding hydrogens is 192 g/mol. The molecule has 0 radical (unpaired) electrons. The number of allylic oxidation sites excluding steroid dienone is 1. The van der Waals surface area contributed by atoms with Crippen LogP contribution < -0.4 is 0 Å². The second kappa shape index (κ2) is 6.44. The largest absolute Gasteiger partial charge is 0.460 e. The summed E-state index contributed by atoms with van der Waals surface area (Å²) in [6.45, 7) is 8.82. The third kappa shape index (κ3) is 9.26. The summed E-state index contributed by atoms with van der Waals surface area (Å²) in [5, 5.41) is 9.47. The molecule has 0 heterocycles. The van der Waals surface area contributed by atoms with Gasteiger partial charge in [0.25, 0.3) is 0 Å². The highest BCUT2D eigenvalue weighted by Gasteiger charge is 2.18. The van der Waals surface area contributed by atoms with Gasteiger partial charge in [-0.05, 0) is 39.7 Å². The van der Waals surface area contributed by atoms with Crippen molar-refractivity contribution in [2.45, 2.75) is 51.7 Å². The van der Waals surface area contributed by atoms with E-state index in [1.807, 2.05) is 0 Å². The van der Waals surface area contributed by atoms with Gasteiger partial charge in [-0.1, -0.05) is 6.58 Å². The lowest BCUT2D eigenvalue weighted by Crippen LogP contribution is -2.26. The first kappa shape index (κ1) is 13.9. The molecule has 1 atom stereocenters. The van der Waals surface area contributed by atoms with E-state index >= 15 is 0 Å². The molecule has 0 fully saturated rings. The molecule has 0 aromatic carbocycles. The molecular formula is C12H20O3. The Balaban J connectivity index is 3.81. The number of aliphatic hydroxyl groups excluding tert-OH is 1. The summed E-state index contributed by atoms with van der Waals surface area (Å²) in [6, 6.07) is 0. The van der Waals surface area contributed by atoms with E-state index in [4.69, 9.17) is 4.74 Å². The zero-order valence-corrected chi connectivity index (χ0v) is 9.75. The van der Waals surface area contributed by atoms with Crippen LogP contribution in [0.25, 0.3) is 0 Å². The van der Waals surface area contributed by atoms with Crippen molar-refractivity contribution in [1.29, 1.82) is 0 Å². The fourth-order valence-corrected chi connectivity index (χ4v) is 1.06. The van der Waals surface area contributed by atoms with Gasteiger partial charge in [0.1, 0.15) is 5.60 Å². The second-order valence-electron chi connectivity index (χ2n) is 4.43. The molecule has 1 unspecified atom stereocenters. The van der Waals surface area contributed by atoms with Gasteiger partial charge in [0.05, 0.1) is 12.5 Å². The van der Waals surface area contributed by atoms with E-state index in [1.54, 1.807) is 26.8 Å². The smallest absolute Gasteiger partial charge is 0.308 e. The average molecular weight is 212 g/mol. The number of ether oxygens (including phenoxy) is 1. The number of aliphatic hydroxyl groups is 1. The summed E-state index contributed by atoms with van der Waals surface area (Å²) in [6.07, 6.45) is 2.33. The molecule has 0 spiro atoms. The van der Waals surface area contributed by atoms with Crippen molar-refractivity contribution < 1.29 is 14.6 Å². The average Bonchev–Trinajstić information content (AvgIpc) is 2.00. The zero-order chi connectivity index (χ0) is 11.9. The minimum absolute atomic E-state index is 0.0439. The fourth-order valence-electron chi connectivity index (χ4n) is 1.06. The van der Waals surface area contributed by atoms with Crippen LogP contribution in [-0.2, 0) is 9.53 Å². The van der Waals surface area contributed by atoms with Gasteiger partial charge in [0.2, 0.25) is 0 Å². The van der Waals surface area contributed by atoms with Gasteiger partial charge in [0.15, 0.2) is 0 Å². The van der Waals surface area contributed by atoms with Crippen molar-refractivity contribution in [3.05, 3.63) is 18.4 Å². The highest BCUT2D eigenvalue weighted by Crippen LogP contribution is 2.11. The first-order valence-corrected chi connectivity index (χ1v) is 5.09. The molecule has 3 nitrogen and oxygen atoms in total. The van der Waals surface area contributed by atoms with E-state index in [0.717, 1.165) is 0 Å². The van der Waals surface area contributed by atoms with E-state index < -0.39 is 11.7 Å². The Bertz CT molecular complexity index is 244. The van der Waals surface area contributed by atoms with Crippen LogP contribution in [-0.4, -0.2) is 22.8 Å². The minimum atomic E-state index is -0.649. The molecule has 1 N–H and O–H groups in total. The Kier molecular flexibility index (Phi) is 5.99. The van der Waals surface area contributed by atoms with Gasteiger partial charge in [-0.2, -0.15) is 0 Å². The molecule has 0 bridgehead atoms. The van der Waals surface area contributed by atoms with Crippen molar-refractivity contribution in [3.8, 4) is 0 Å². The normalized spacial score (nSPS) is 12.8. The van der Waals surface area contributed by atoms with E-state index in [0.29, 0.717) is 12.8 Å². The Morgan fingerprint density at radius 1 is 1.60 bits per heavy atom. The molecule has 0 aromatic rings. The van der Waals surface area contributed by atoms with Crippen molar-refractivity contribution in [1.82, 2.24) is 0 Å². The van der Waals surface area contributed by atoms with Gasteiger partial charge >= 0.3 is 5.97 Å². The lowest BCUT2D eigenvalue weighted by molar-refractivity contribution is -0.157. The summed E-state index contributed by atoms with van der Waals surface area (Å²) < 4.78 is 5.08. The predicted molar refractivity (Wildman–Crippen MR) is 59.4 cm³/mol. The highest BCUT2D eigenvalue weighted by molar-refractivity contribution is 5.70. The highest BCUT2D eigenvalue weighted by atomic mass is 16.6. The number of rotatable bonds is 5. The fraction of sp³-hybridized carbons (Fsp3) is 0.667. The number of hydrogen-bond acceptors (Lipinski definition) is 3. The molecule has 0 aliphatic rings. The van der Waals surface area contributed by atoms with Gasteiger partial charge < -0.3 is 9.84 Å². The van der Waals surface area contributed by atoms with E-state index in [1.165, 1.54) is 0 Å². The Morgan fingerprint density at radius 2 is 2.20 bits per heavy atom. The van der Waals surface area contributed by atoms with Gasteiger partial charge in [0, 0.05) is 0 Å². The zero-order valence-electron chi connectivity index (χ0n) is 9.75.